The molecule has 1 atom stereocenters. The number of hydrogen-bond acceptors (Lipinski definition) is 3. The Kier molecular flexibility index (Phi) is 20.1. The molecule has 1 heterocycles. The second-order valence-electron chi connectivity index (χ2n) is 11.8. The predicted molar refractivity (Wildman–Crippen MR) is 161 cm³/mol. The Bertz CT molecular complexity index is 701. The van der Waals surface area contributed by atoms with Crippen molar-refractivity contribution in [3.8, 4) is 0 Å². The maximum absolute atomic E-state index is 10.9. The Hall–Kier alpha value is -1.84. The van der Waals surface area contributed by atoms with Crippen LogP contribution in [0.2, 0.25) is 0 Å². The zero-order valence-electron chi connectivity index (χ0n) is 25.9. The standard InChI is InChI=1S/C15H25N.C11H20.C7H15NO2/c1-3-5-6-8-14(7-4-2)13-15-9-11-16-12-10-15;1-3-7-10(2)11-8-5-4-6-9-11;1-7(2,3)10-6(9)8(4)5/h9-12,14H,3-8,13H2,1-2H3;7,11H,3-6,8-9H2,1-2H3;1-5H3/b;10-7+;. The van der Waals surface area contributed by atoms with Crippen LogP contribution in [0, 0.1) is 11.8 Å². The van der Waals surface area contributed by atoms with E-state index >= 15 is 0 Å². The van der Waals surface area contributed by atoms with Crippen LogP contribution in [0.15, 0.2) is 36.2 Å². The minimum Gasteiger partial charge on any atom is -0.444 e. The first-order valence-corrected chi connectivity index (χ1v) is 15.0. The second kappa shape index (κ2) is 21.1. The van der Waals surface area contributed by atoms with Gasteiger partial charge in [0.15, 0.2) is 0 Å². The van der Waals surface area contributed by atoms with E-state index in [0.717, 1.165) is 11.8 Å². The maximum atomic E-state index is 10.9. The third kappa shape index (κ3) is 19.9. The Morgan fingerprint density at radius 2 is 1.65 bits per heavy atom. The van der Waals surface area contributed by atoms with Crippen LogP contribution >= 0.6 is 0 Å². The highest BCUT2D eigenvalue weighted by molar-refractivity contribution is 5.67. The zero-order valence-corrected chi connectivity index (χ0v) is 25.9. The van der Waals surface area contributed by atoms with Gasteiger partial charge in [-0.1, -0.05) is 90.2 Å². The number of pyridine rings is 1. The van der Waals surface area contributed by atoms with Crippen LogP contribution in [0.1, 0.15) is 131 Å². The van der Waals surface area contributed by atoms with Gasteiger partial charge < -0.3 is 9.64 Å². The molecule has 1 aromatic rings. The van der Waals surface area contributed by atoms with Crippen molar-refractivity contribution in [3.63, 3.8) is 0 Å². The summed E-state index contributed by atoms with van der Waals surface area (Å²) in [5.74, 6) is 1.81. The van der Waals surface area contributed by atoms with Gasteiger partial charge in [-0.05, 0) is 82.9 Å². The van der Waals surface area contributed by atoms with Crippen LogP contribution < -0.4 is 0 Å². The zero-order chi connectivity index (χ0) is 28.1. The van der Waals surface area contributed by atoms with Gasteiger partial charge in [-0.25, -0.2) is 4.79 Å². The molecule has 1 aromatic heterocycles. The van der Waals surface area contributed by atoms with Gasteiger partial charge >= 0.3 is 6.09 Å². The van der Waals surface area contributed by atoms with E-state index in [1.807, 2.05) is 33.2 Å². The number of unbranched alkanes of at least 4 members (excludes halogenated alkanes) is 2. The van der Waals surface area contributed by atoms with Crippen molar-refractivity contribution in [2.75, 3.05) is 14.1 Å². The Morgan fingerprint density at radius 1 is 1.03 bits per heavy atom. The van der Waals surface area contributed by atoms with Crippen LogP contribution in [0.25, 0.3) is 0 Å². The summed E-state index contributed by atoms with van der Waals surface area (Å²) in [6.45, 7) is 14.6. The number of nitrogens with zero attached hydrogens (tertiary/aromatic N) is 2. The predicted octanol–water partition coefficient (Wildman–Crippen LogP) is 10.0. The topological polar surface area (TPSA) is 42.4 Å². The van der Waals surface area contributed by atoms with E-state index in [4.69, 9.17) is 4.74 Å². The average molecular weight is 517 g/mol. The first-order valence-electron chi connectivity index (χ1n) is 15.0. The van der Waals surface area contributed by atoms with Crippen molar-refractivity contribution in [2.45, 2.75) is 138 Å². The molecule has 1 saturated carbocycles. The van der Waals surface area contributed by atoms with E-state index in [1.165, 1.54) is 93.9 Å². The molecule has 0 bridgehead atoms. The van der Waals surface area contributed by atoms with Gasteiger partial charge in [0, 0.05) is 26.5 Å². The molecule has 37 heavy (non-hydrogen) atoms. The number of ether oxygens (including phenoxy) is 1. The number of hydrogen-bond donors (Lipinski definition) is 0. The second-order valence-corrected chi connectivity index (χ2v) is 11.8. The minimum absolute atomic E-state index is 0.299. The van der Waals surface area contributed by atoms with Crippen LogP contribution in [-0.4, -0.2) is 35.7 Å². The van der Waals surface area contributed by atoms with Crippen molar-refractivity contribution < 1.29 is 9.53 Å². The van der Waals surface area contributed by atoms with Gasteiger partial charge in [0.25, 0.3) is 0 Å². The fourth-order valence-corrected chi connectivity index (χ4v) is 4.69. The number of aromatic nitrogens is 1. The SMILES string of the molecule is CC/C=C(\C)C1CCCCC1.CCCCCC(CCC)Cc1ccncc1.CN(C)C(=O)OC(C)(C)C. The minimum atomic E-state index is -0.388. The average Bonchev–Trinajstić information content (AvgIpc) is 2.85. The molecule has 0 saturated heterocycles. The van der Waals surface area contributed by atoms with Gasteiger partial charge in [0.05, 0.1) is 0 Å². The lowest BCUT2D eigenvalue weighted by atomic mass is 9.84. The van der Waals surface area contributed by atoms with Crippen molar-refractivity contribution in [1.82, 2.24) is 9.88 Å². The molecule has 1 aliphatic carbocycles. The maximum Gasteiger partial charge on any atom is 0.409 e. The summed E-state index contributed by atoms with van der Waals surface area (Å²) < 4.78 is 4.99. The normalized spacial score (nSPS) is 15.0. The van der Waals surface area contributed by atoms with Crippen LogP contribution in [-0.2, 0) is 11.2 Å². The van der Waals surface area contributed by atoms with Crippen molar-refractivity contribution >= 4 is 6.09 Å². The number of carbonyl (C=O) groups excluding carboxylic acids is 1. The van der Waals surface area contributed by atoms with Gasteiger partial charge in [0.2, 0.25) is 0 Å². The summed E-state index contributed by atoms with van der Waals surface area (Å²) >= 11 is 0. The van der Waals surface area contributed by atoms with Crippen molar-refractivity contribution in [3.05, 3.63) is 41.7 Å². The monoisotopic (exact) mass is 516 g/mol. The summed E-state index contributed by atoms with van der Waals surface area (Å²) in [7, 11) is 3.32. The smallest absolute Gasteiger partial charge is 0.409 e. The van der Waals surface area contributed by atoms with Gasteiger partial charge in [-0.3, -0.25) is 4.98 Å². The molecular weight excluding hydrogens is 456 g/mol. The molecule has 0 radical (unpaired) electrons. The number of rotatable bonds is 10. The van der Waals surface area contributed by atoms with Crippen LogP contribution in [0.5, 0.6) is 0 Å². The van der Waals surface area contributed by atoms with Crippen molar-refractivity contribution in [1.29, 1.82) is 0 Å². The largest absolute Gasteiger partial charge is 0.444 e. The summed E-state index contributed by atoms with van der Waals surface area (Å²) in [5.41, 5.74) is 2.71. The fourth-order valence-electron chi connectivity index (χ4n) is 4.69. The van der Waals surface area contributed by atoms with E-state index in [-0.39, 0.29) is 11.7 Å². The third-order valence-corrected chi connectivity index (χ3v) is 6.72. The summed E-state index contributed by atoms with van der Waals surface area (Å²) in [6, 6.07) is 4.31. The summed E-state index contributed by atoms with van der Waals surface area (Å²) in [4.78, 5) is 16.3. The number of carbonyl (C=O) groups is 1. The Morgan fingerprint density at radius 3 is 2.11 bits per heavy atom. The molecular formula is C33H60N2O2. The van der Waals surface area contributed by atoms with Gasteiger partial charge in [-0.15, -0.1) is 0 Å². The van der Waals surface area contributed by atoms with E-state index in [1.54, 1.807) is 19.7 Å². The lowest BCUT2D eigenvalue weighted by Crippen LogP contribution is -2.31. The number of amides is 1. The van der Waals surface area contributed by atoms with Gasteiger partial charge in [-0.2, -0.15) is 0 Å². The van der Waals surface area contributed by atoms with Crippen LogP contribution in [0.4, 0.5) is 4.79 Å². The molecule has 0 aliphatic heterocycles. The molecule has 0 spiro atoms. The van der Waals surface area contributed by atoms with Crippen LogP contribution in [0.3, 0.4) is 0 Å². The van der Waals surface area contributed by atoms with E-state index < -0.39 is 0 Å². The molecule has 4 heteroatoms. The lowest BCUT2D eigenvalue weighted by molar-refractivity contribution is 0.0341. The summed E-state index contributed by atoms with van der Waals surface area (Å²) in [6.07, 6.45) is 23.8. The quantitative estimate of drug-likeness (QED) is 0.229. The molecule has 2 rings (SSSR count). The molecule has 214 valence electrons. The molecule has 1 unspecified atom stereocenters. The van der Waals surface area contributed by atoms with Gasteiger partial charge in [0.1, 0.15) is 5.60 Å². The van der Waals surface area contributed by atoms with Crippen molar-refractivity contribution in [2.24, 2.45) is 11.8 Å². The number of allylic oxidation sites excluding steroid dienone is 2. The molecule has 1 amide bonds. The Balaban J connectivity index is 0.000000547. The third-order valence-electron chi connectivity index (χ3n) is 6.72. The molecule has 0 aromatic carbocycles. The molecule has 4 nitrogen and oxygen atoms in total. The summed E-state index contributed by atoms with van der Waals surface area (Å²) in [5, 5.41) is 0. The molecule has 1 aliphatic rings. The highest BCUT2D eigenvalue weighted by Gasteiger charge is 2.17. The lowest BCUT2D eigenvalue weighted by Gasteiger charge is -2.22. The Labute approximate surface area is 230 Å². The van der Waals surface area contributed by atoms with E-state index in [9.17, 15) is 4.79 Å². The van der Waals surface area contributed by atoms with E-state index in [2.05, 4.69) is 50.9 Å². The fraction of sp³-hybridized carbons (Fsp3) is 0.758. The molecule has 1 fully saturated rings. The molecule has 0 N–H and O–H groups in total. The highest BCUT2D eigenvalue weighted by Crippen LogP contribution is 2.29. The van der Waals surface area contributed by atoms with E-state index in [0.29, 0.717) is 0 Å². The first-order chi connectivity index (χ1) is 17.5. The highest BCUT2D eigenvalue weighted by atomic mass is 16.6. The first kappa shape index (κ1) is 35.2.